The van der Waals surface area contributed by atoms with E-state index in [0.29, 0.717) is 6.54 Å². The zero-order valence-electron chi connectivity index (χ0n) is 12.5. The van der Waals surface area contributed by atoms with Crippen molar-refractivity contribution in [2.45, 2.75) is 25.9 Å². The van der Waals surface area contributed by atoms with Gasteiger partial charge in [0, 0.05) is 37.9 Å². The van der Waals surface area contributed by atoms with Gasteiger partial charge in [0.25, 0.3) is 0 Å². The summed E-state index contributed by atoms with van der Waals surface area (Å²) in [6.07, 6.45) is 2.04. The third-order valence-electron chi connectivity index (χ3n) is 4.42. The normalized spacial score (nSPS) is 19.7. The van der Waals surface area contributed by atoms with Crippen LogP contribution in [0.5, 0.6) is 0 Å². The maximum atomic E-state index is 5.96. The van der Waals surface area contributed by atoms with Crippen LogP contribution >= 0.6 is 0 Å². The van der Waals surface area contributed by atoms with Gasteiger partial charge < -0.3 is 15.0 Å². The SMILES string of the molecule is CN1CCN(c2nc3ccccn3c2CN)CC1(C)C. The molecule has 1 fully saturated rings. The summed E-state index contributed by atoms with van der Waals surface area (Å²) in [6.45, 7) is 8.07. The van der Waals surface area contributed by atoms with Gasteiger partial charge in [-0.05, 0) is 33.0 Å². The van der Waals surface area contributed by atoms with E-state index < -0.39 is 0 Å². The topological polar surface area (TPSA) is 49.8 Å². The lowest BCUT2D eigenvalue weighted by Gasteiger charge is -2.45. The Morgan fingerprint density at radius 1 is 1.30 bits per heavy atom. The summed E-state index contributed by atoms with van der Waals surface area (Å²) in [5.41, 5.74) is 8.19. The molecule has 0 spiro atoms. The number of hydrogen-bond acceptors (Lipinski definition) is 4. The van der Waals surface area contributed by atoms with Crippen LogP contribution < -0.4 is 10.6 Å². The predicted octanol–water partition coefficient (Wildman–Crippen LogP) is 1.32. The van der Waals surface area contributed by atoms with Crippen molar-refractivity contribution in [3.63, 3.8) is 0 Å². The first-order valence-electron chi connectivity index (χ1n) is 7.15. The summed E-state index contributed by atoms with van der Waals surface area (Å²) < 4.78 is 2.10. The van der Waals surface area contributed by atoms with E-state index in [0.717, 1.165) is 36.8 Å². The lowest BCUT2D eigenvalue weighted by Crippen LogP contribution is -2.58. The molecule has 0 bridgehead atoms. The van der Waals surface area contributed by atoms with Gasteiger partial charge in [-0.2, -0.15) is 0 Å². The molecule has 3 rings (SSSR count). The highest BCUT2D eigenvalue weighted by atomic mass is 15.3. The number of imidazole rings is 1. The molecular weight excluding hydrogens is 250 g/mol. The van der Waals surface area contributed by atoms with Crippen LogP contribution in [-0.2, 0) is 6.54 Å². The van der Waals surface area contributed by atoms with Crippen molar-refractivity contribution in [2.24, 2.45) is 5.73 Å². The molecule has 0 atom stereocenters. The highest BCUT2D eigenvalue weighted by molar-refractivity contribution is 5.56. The van der Waals surface area contributed by atoms with E-state index in [2.05, 4.69) is 35.1 Å². The maximum Gasteiger partial charge on any atom is 0.152 e. The van der Waals surface area contributed by atoms with Crippen molar-refractivity contribution in [3.8, 4) is 0 Å². The molecule has 0 aromatic carbocycles. The van der Waals surface area contributed by atoms with Crippen molar-refractivity contribution in [2.75, 3.05) is 31.6 Å². The van der Waals surface area contributed by atoms with Crippen molar-refractivity contribution in [3.05, 3.63) is 30.1 Å². The fraction of sp³-hybridized carbons (Fsp3) is 0.533. The summed E-state index contributed by atoms with van der Waals surface area (Å²) >= 11 is 0. The molecule has 5 nitrogen and oxygen atoms in total. The zero-order chi connectivity index (χ0) is 14.3. The minimum absolute atomic E-state index is 0.153. The summed E-state index contributed by atoms with van der Waals surface area (Å²) in [5.74, 6) is 1.04. The van der Waals surface area contributed by atoms with Crippen LogP contribution in [0.25, 0.3) is 5.65 Å². The fourth-order valence-electron chi connectivity index (χ4n) is 2.90. The molecular formula is C15H23N5. The Kier molecular flexibility index (Phi) is 3.18. The molecule has 0 amide bonds. The lowest BCUT2D eigenvalue weighted by atomic mass is 10.00. The average molecular weight is 273 g/mol. The second-order valence-electron chi connectivity index (χ2n) is 6.17. The van der Waals surface area contributed by atoms with Crippen LogP contribution in [-0.4, -0.2) is 46.5 Å². The number of fused-ring (bicyclic) bond motifs is 1. The molecule has 2 aromatic heterocycles. The van der Waals surface area contributed by atoms with Gasteiger partial charge in [-0.15, -0.1) is 0 Å². The van der Waals surface area contributed by atoms with E-state index in [1.165, 1.54) is 0 Å². The van der Waals surface area contributed by atoms with Gasteiger partial charge in [0.2, 0.25) is 0 Å². The van der Waals surface area contributed by atoms with Crippen LogP contribution in [0.3, 0.4) is 0 Å². The van der Waals surface area contributed by atoms with Crippen molar-refractivity contribution < 1.29 is 0 Å². The number of pyridine rings is 1. The number of rotatable bonds is 2. The smallest absolute Gasteiger partial charge is 0.152 e. The lowest BCUT2D eigenvalue weighted by molar-refractivity contribution is 0.138. The predicted molar refractivity (Wildman–Crippen MR) is 82.0 cm³/mol. The van der Waals surface area contributed by atoms with E-state index >= 15 is 0 Å². The molecule has 0 aliphatic carbocycles. The van der Waals surface area contributed by atoms with Crippen LogP contribution in [0.1, 0.15) is 19.5 Å². The molecule has 2 N–H and O–H groups in total. The standard InChI is InChI=1S/C15H23N5/c1-15(2)11-19(9-8-18(15)3)14-12(10-16)20-7-5-4-6-13(20)17-14/h4-7H,8-11,16H2,1-3H3. The second-order valence-corrected chi connectivity index (χ2v) is 6.17. The van der Waals surface area contributed by atoms with Gasteiger partial charge in [0.1, 0.15) is 5.65 Å². The monoisotopic (exact) mass is 273 g/mol. The van der Waals surface area contributed by atoms with Crippen molar-refractivity contribution in [1.82, 2.24) is 14.3 Å². The Balaban J connectivity index is 2.02. The van der Waals surface area contributed by atoms with E-state index in [-0.39, 0.29) is 5.54 Å². The number of piperazine rings is 1. The first-order valence-corrected chi connectivity index (χ1v) is 7.15. The third kappa shape index (κ3) is 2.07. The quantitative estimate of drug-likeness (QED) is 0.896. The molecule has 3 heterocycles. The highest BCUT2D eigenvalue weighted by Crippen LogP contribution is 2.27. The van der Waals surface area contributed by atoms with E-state index in [1.807, 2.05) is 24.4 Å². The number of nitrogens with zero attached hydrogens (tertiary/aromatic N) is 4. The Bertz CT molecular complexity index is 616. The molecule has 0 saturated carbocycles. The van der Waals surface area contributed by atoms with Gasteiger partial charge >= 0.3 is 0 Å². The summed E-state index contributed by atoms with van der Waals surface area (Å²) in [7, 11) is 2.19. The van der Waals surface area contributed by atoms with Gasteiger partial charge in [-0.1, -0.05) is 6.07 Å². The fourth-order valence-corrected chi connectivity index (χ4v) is 2.90. The molecule has 1 aliphatic rings. The molecule has 0 radical (unpaired) electrons. The first kappa shape index (κ1) is 13.4. The number of aromatic nitrogens is 2. The molecule has 5 heteroatoms. The Morgan fingerprint density at radius 3 is 2.80 bits per heavy atom. The Hall–Kier alpha value is -1.59. The minimum atomic E-state index is 0.153. The second kappa shape index (κ2) is 4.75. The van der Waals surface area contributed by atoms with Crippen LogP contribution in [0, 0.1) is 0 Å². The molecule has 1 aliphatic heterocycles. The zero-order valence-corrected chi connectivity index (χ0v) is 12.5. The van der Waals surface area contributed by atoms with E-state index in [1.54, 1.807) is 0 Å². The van der Waals surface area contributed by atoms with Crippen molar-refractivity contribution >= 4 is 11.5 Å². The third-order valence-corrected chi connectivity index (χ3v) is 4.42. The largest absolute Gasteiger partial charge is 0.352 e. The Labute approximate surface area is 120 Å². The van der Waals surface area contributed by atoms with Gasteiger partial charge in [-0.25, -0.2) is 4.98 Å². The minimum Gasteiger partial charge on any atom is -0.352 e. The van der Waals surface area contributed by atoms with Crippen molar-refractivity contribution in [1.29, 1.82) is 0 Å². The first-order chi connectivity index (χ1) is 9.53. The highest BCUT2D eigenvalue weighted by Gasteiger charge is 2.33. The number of nitrogens with two attached hydrogens (primary N) is 1. The number of hydrogen-bond donors (Lipinski definition) is 1. The molecule has 108 valence electrons. The van der Waals surface area contributed by atoms with E-state index in [4.69, 9.17) is 10.7 Å². The van der Waals surface area contributed by atoms with Crippen LogP contribution in [0.15, 0.2) is 24.4 Å². The summed E-state index contributed by atoms with van der Waals surface area (Å²) in [4.78, 5) is 9.56. The number of likely N-dealkylation sites (N-methyl/N-ethyl adjacent to an activating group) is 1. The number of anilines is 1. The molecule has 20 heavy (non-hydrogen) atoms. The molecule has 2 aromatic rings. The summed E-state index contributed by atoms with van der Waals surface area (Å²) in [6, 6.07) is 6.07. The average Bonchev–Trinajstić information content (AvgIpc) is 2.80. The van der Waals surface area contributed by atoms with Crippen LogP contribution in [0.4, 0.5) is 5.82 Å². The van der Waals surface area contributed by atoms with E-state index in [9.17, 15) is 0 Å². The van der Waals surface area contributed by atoms with Gasteiger partial charge in [-0.3, -0.25) is 4.90 Å². The maximum absolute atomic E-state index is 5.96. The Morgan fingerprint density at radius 2 is 2.10 bits per heavy atom. The summed E-state index contributed by atoms with van der Waals surface area (Å²) in [5, 5.41) is 0. The van der Waals surface area contributed by atoms with Gasteiger partial charge in [0.05, 0.1) is 5.69 Å². The van der Waals surface area contributed by atoms with Crippen LogP contribution in [0.2, 0.25) is 0 Å². The van der Waals surface area contributed by atoms with Gasteiger partial charge in [0.15, 0.2) is 5.82 Å². The molecule has 0 unspecified atom stereocenters. The molecule has 1 saturated heterocycles.